The minimum Gasteiger partial charge on any atom is -0.497 e. The Morgan fingerprint density at radius 3 is 2.24 bits per heavy atom. The number of amides is 1. The number of methoxy groups -OCH3 is 2. The van der Waals surface area contributed by atoms with Crippen molar-refractivity contribution in [2.45, 2.75) is 18.8 Å². The van der Waals surface area contributed by atoms with Crippen molar-refractivity contribution in [1.29, 1.82) is 0 Å². The average Bonchev–Trinajstić information content (AvgIpc) is 2.67. The number of hydrogen-bond donors (Lipinski definition) is 2. The summed E-state index contributed by atoms with van der Waals surface area (Å²) in [6.07, 6.45) is 1.43. The molecule has 0 aliphatic rings. The van der Waals surface area contributed by atoms with Gasteiger partial charge in [0.1, 0.15) is 11.5 Å². The lowest BCUT2D eigenvalue weighted by Gasteiger charge is -2.17. The van der Waals surface area contributed by atoms with Crippen LogP contribution in [0.1, 0.15) is 34.7 Å². The highest BCUT2D eigenvalue weighted by molar-refractivity contribution is 5.95. The van der Waals surface area contributed by atoms with Crippen LogP contribution in [-0.2, 0) is 0 Å². The number of aliphatic hydroxyl groups excluding tert-OH is 1. The van der Waals surface area contributed by atoms with Crippen molar-refractivity contribution in [3.63, 3.8) is 0 Å². The lowest BCUT2D eigenvalue weighted by molar-refractivity contribution is 0.0951. The minimum absolute atomic E-state index is 0.126. The highest BCUT2D eigenvalue weighted by Crippen LogP contribution is 2.24. The van der Waals surface area contributed by atoms with Gasteiger partial charge >= 0.3 is 0 Å². The zero-order chi connectivity index (χ0) is 18.1. The maximum atomic E-state index is 12.4. The Morgan fingerprint density at radius 2 is 1.68 bits per heavy atom. The molecule has 0 saturated carbocycles. The summed E-state index contributed by atoms with van der Waals surface area (Å²) in [6.45, 7) is 0.651. The van der Waals surface area contributed by atoms with E-state index < -0.39 is 0 Å². The van der Waals surface area contributed by atoms with Gasteiger partial charge in [-0.3, -0.25) is 4.79 Å². The van der Waals surface area contributed by atoms with Gasteiger partial charge in [0.25, 0.3) is 5.91 Å². The van der Waals surface area contributed by atoms with E-state index in [2.05, 4.69) is 17.4 Å². The molecule has 0 aliphatic carbocycles. The number of rotatable bonds is 9. The summed E-state index contributed by atoms with van der Waals surface area (Å²) >= 11 is 0. The highest BCUT2D eigenvalue weighted by atomic mass is 16.5. The Bertz CT molecular complexity index is 650. The summed E-state index contributed by atoms with van der Waals surface area (Å²) in [4.78, 5) is 12.4. The number of aliphatic hydroxyl groups is 1. The van der Waals surface area contributed by atoms with E-state index in [1.165, 1.54) is 5.56 Å². The van der Waals surface area contributed by atoms with Crippen LogP contribution in [0.2, 0.25) is 0 Å². The molecule has 1 amide bonds. The van der Waals surface area contributed by atoms with Crippen molar-refractivity contribution in [2.24, 2.45) is 0 Å². The number of nitrogens with one attached hydrogen (secondary N) is 1. The average molecular weight is 343 g/mol. The van der Waals surface area contributed by atoms with E-state index in [0.717, 1.165) is 6.42 Å². The van der Waals surface area contributed by atoms with Crippen LogP contribution < -0.4 is 14.8 Å². The van der Waals surface area contributed by atoms with Gasteiger partial charge in [-0.2, -0.15) is 0 Å². The quantitative estimate of drug-likeness (QED) is 0.734. The maximum absolute atomic E-state index is 12.4. The molecule has 0 bridgehead atoms. The van der Waals surface area contributed by atoms with Gasteiger partial charge < -0.3 is 19.9 Å². The summed E-state index contributed by atoms with van der Waals surface area (Å²) in [5.41, 5.74) is 1.67. The molecule has 5 heteroatoms. The monoisotopic (exact) mass is 343 g/mol. The van der Waals surface area contributed by atoms with Crippen molar-refractivity contribution in [3.05, 3.63) is 59.7 Å². The molecule has 134 valence electrons. The normalized spacial score (nSPS) is 11.6. The molecular weight excluding hydrogens is 318 g/mol. The molecule has 2 N–H and O–H groups in total. The van der Waals surface area contributed by atoms with Crippen molar-refractivity contribution in [1.82, 2.24) is 5.32 Å². The van der Waals surface area contributed by atoms with Gasteiger partial charge in [0.15, 0.2) is 0 Å². The predicted molar refractivity (Wildman–Crippen MR) is 97.4 cm³/mol. The topological polar surface area (TPSA) is 67.8 Å². The third kappa shape index (κ3) is 5.50. The van der Waals surface area contributed by atoms with E-state index in [1.807, 2.05) is 18.2 Å². The molecule has 0 aromatic heterocycles. The van der Waals surface area contributed by atoms with E-state index in [0.29, 0.717) is 30.0 Å². The van der Waals surface area contributed by atoms with E-state index >= 15 is 0 Å². The van der Waals surface area contributed by atoms with Crippen LogP contribution in [0.5, 0.6) is 11.5 Å². The smallest absolute Gasteiger partial charge is 0.251 e. The van der Waals surface area contributed by atoms with Gasteiger partial charge in [-0.25, -0.2) is 0 Å². The van der Waals surface area contributed by atoms with Crippen molar-refractivity contribution < 1.29 is 19.4 Å². The van der Waals surface area contributed by atoms with Crippen LogP contribution in [0, 0.1) is 0 Å². The first-order valence-corrected chi connectivity index (χ1v) is 8.35. The van der Waals surface area contributed by atoms with E-state index in [9.17, 15) is 9.90 Å². The zero-order valence-corrected chi connectivity index (χ0v) is 14.7. The number of carbonyl (C=O) groups excluding carboxylic acids is 1. The van der Waals surface area contributed by atoms with Crippen molar-refractivity contribution in [2.75, 3.05) is 27.4 Å². The van der Waals surface area contributed by atoms with Crippen molar-refractivity contribution >= 4 is 5.91 Å². The van der Waals surface area contributed by atoms with Crippen LogP contribution in [0.3, 0.4) is 0 Å². The van der Waals surface area contributed by atoms with E-state index in [-0.39, 0.29) is 18.4 Å². The van der Waals surface area contributed by atoms with Gasteiger partial charge in [0.2, 0.25) is 0 Å². The molecular formula is C20H25NO4. The van der Waals surface area contributed by atoms with Crippen LogP contribution >= 0.6 is 0 Å². The third-order valence-corrected chi connectivity index (χ3v) is 4.14. The molecule has 0 heterocycles. The van der Waals surface area contributed by atoms with Gasteiger partial charge in [-0.1, -0.05) is 30.3 Å². The first kappa shape index (κ1) is 18.8. The first-order chi connectivity index (χ1) is 12.2. The fourth-order valence-corrected chi connectivity index (χ4v) is 2.76. The Balaban J connectivity index is 1.97. The van der Waals surface area contributed by atoms with Gasteiger partial charge in [0, 0.05) is 24.8 Å². The molecule has 5 nitrogen and oxygen atoms in total. The molecule has 0 spiro atoms. The maximum Gasteiger partial charge on any atom is 0.251 e. The lowest BCUT2D eigenvalue weighted by atomic mass is 9.93. The molecule has 0 saturated heterocycles. The molecule has 1 atom stereocenters. The van der Waals surface area contributed by atoms with Crippen LogP contribution in [0.15, 0.2) is 48.5 Å². The molecule has 1 unspecified atom stereocenters. The second-order valence-electron chi connectivity index (χ2n) is 5.77. The van der Waals surface area contributed by atoms with Gasteiger partial charge in [-0.05, 0) is 36.5 Å². The van der Waals surface area contributed by atoms with Crippen molar-refractivity contribution in [3.8, 4) is 11.5 Å². The predicted octanol–water partition coefficient (Wildman–Crippen LogP) is 2.99. The van der Waals surface area contributed by atoms with Gasteiger partial charge in [-0.15, -0.1) is 0 Å². The van der Waals surface area contributed by atoms with Crippen LogP contribution in [-0.4, -0.2) is 38.4 Å². The van der Waals surface area contributed by atoms with E-state index in [4.69, 9.17) is 9.47 Å². The van der Waals surface area contributed by atoms with Gasteiger partial charge in [0.05, 0.1) is 14.2 Å². The molecule has 25 heavy (non-hydrogen) atoms. The molecule has 2 rings (SSSR count). The third-order valence-electron chi connectivity index (χ3n) is 4.14. The highest BCUT2D eigenvalue weighted by Gasteiger charge is 2.13. The molecule has 2 aromatic carbocycles. The Kier molecular flexibility index (Phi) is 7.29. The first-order valence-electron chi connectivity index (χ1n) is 8.35. The number of carbonyl (C=O) groups is 1. The number of benzene rings is 2. The zero-order valence-electron chi connectivity index (χ0n) is 14.7. The SMILES string of the molecule is COc1cc(OC)cc(C(=O)NCCC(CCO)c2ccccc2)c1. The standard InChI is InChI=1S/C20H25NO4/c1-24-18-12-17(13-19(14-18)25-2)20(23)21-10-8-16(9-11-22)15-6-4-3-5-7-15/h3-7,12-14,16,22H,8-11H2,1-2H3,(H,21,23). The summed E-state index contributed by atoms with van der Waals surface area (Å²) < 4.78 is 10.4. The Hall–Kier alpha value is -2.53. The van der Waals surface area contributed by atoms with E-state index in [1.54, 1.807) is 32.4 Å². The summed E-state index contributed by atoms with van der Waals surface area (Å²) in [7, 11) is 3.10. The number of hydrogen-bond acceptors (Lipinski definition) is 4. The van der Waals surface area contributed by atoms with Crippen LogP contribution in [0.25, 0.3) is 0 Å². The summed E-state index contributed by atoms with van der Waals surface area (Å²) in [6, 6.07) is 15.1. The summed E-state index contributed by atoms with van der Waals surface area (Å²) in [5.74, 6) is 1.19. The molecule has 2 aromatic rings. The summed E-state index contributed by atoms with van der Waals surface area (Å²) in [5, 5.41) is 12.2. The second kappa shape index (κ2) is 9.69. The fourth-order valence-electron chi connectivity index (χ4n) is 2.76. The number of ether oxygens (including phenoxy) is 2. The lowest BCUT2D eigenvalue weighted by Crippen LogP contribution is -2.26. The largest absolute Gasteiger partial charge is 0.497 e. The Morgan fingerprint density at radius 1 is 1.04 bits per heavy atom. The second-order valence-corrected chi connectivity index (χ2v) is 5.77. The fraction of sp³-hybridized carbons (Fsp3) is 0.350. The molecule has 0 fully saturated rings. The Labute approximate surface area is 148 Å². The van der Waals surface area contributed by atoms with Crippen LogP contribution in [0.4, 0.5) is 0 Å². The molecule has 0 aliphatic heterocycles. The molecule has 0 radical (unpaired) electrons. The minimum atomic E-state index is -0.173.